The van der Waals surface area contributed by atoms with Gasteiger partial charge in [-0.05, 0) is 59.7 Å². The molecule has 0 radical (unpaired) electrons. The Bertz CT molecular complexity index is 1920. The number of aromatic hydroxyl groups is 1. The molecule has 4 aromatic rings. The molecule has 11 nitrogen and oxygen atoms in total. The highest BCUT2D eigenvalue weighted by Crippen LogP contribution is 2.44. The second-order valence-corrected chi connectivity index (χ2v) is 14.0. The van der Waals surface area contributed by atoms with Crippen LogP contribution in [0.5, 0.6) is 5.88 Å². The Labute approximate surface area is 272 Å². The minimum absolute atomic E-state index is 0.0233. The van der Waals surface area contributed by atoms with Crippen molar-refractivity contribution in [3.8, 4) is 23.1 Å². The van der Waals surface area contributed by atoms with Crippen LogP contribution in [0.15, 0.2) is 18.2 Å². The molecule has 1 aliphatic rings. The summed E-state index contributed by atoms with van der Waals surface area (Å²) in [5.41, 5.74) is -1.71. The van der Waals surface area contributed by atoms with Gasteiger partial charge in [-0.15, -0.1) is 0 Å². The second kappa shape index (κ2) is 12.0. The van der Waals surface area contributed by atoms with Crippen LogP contribution in [0.4, 0.5) is 29.2 Å². The monoisotopic (exact) mass is 672 g/mol. The largest absolute Gasteiger partial charge is 0.492 e. The van der Waals surface area contributed by atoms with Gasteiger partial charge >= 0.3 is 12.2 Å². The van der Waals surface area contributed by atoms with Crippen LogP contribution >= 0.6 is 22.9 Å². The van der Waals surface area contributed by atoms with E-state index in [-0.39, 0.29) is 79.8 Å². The first-order chi connectivity index (χ1) is 21.5. The average Bonchev–Trinajstić information content (AvgIpc) is 3.36. The van der Waals surface area contributed by atoms with E-state index in [1.165, 1.54) is 17.0 Å². The number of benzene rings is 2. The highest BCUT2D eigenvalue weighted by Gasteiger charge is 2.31. The van der Waals surface area contributed by atoms with Gasteiger partial charge in [0.05, 0.1) is 20.9 Å². The number of hydrogen-bond acceptors (Lipinski definition) is 10. The van der Waals surface area contributed by atoms with Crippen molar-refractivity contribution >= 4 is 67.1 Å². The zero-order valence-electron chi connectivity index (χ0n) is 25.9. The molecule has 2 aromatic carbocycles. The maximum Gasteiger partial charge on any atom is 0.413 e. The quantitative estimate of drug-likeness (QED) is 0.227. The third-order valence-corrected chi connectivity index (χ3v) is 8.14. The fraction of sp³-hybridized carbons (Fsp3) is 0.387. The third-order valence-electron chi connectivity index (χ3n) is 6.86. The van der Waals surface area contributed by atoms with Crippen molar-refractivity contribution in [2.45, 2.75) is 52.7 Å². The smallest absolute Gasteiger partial charge is 0.413 e. The van der Waals surface area contributed by atoms with Gasteiger partial charge in [0.2, 0.25) is 5.88 Å². The highest BCUT2D eigenvalue weighted by atomic mass is 35.5. The summed E-state index contributed by atoms with van der Waals surface area (Å²) >= 11 is 7.55. The average molecular weight is 673 g/mol. The Morgan fingerprint density at radius 1 is 1.04 bits per heavy atom. The van der Waals surface area contributed by atoms with Crippen LogP contribution in [0, 0.1) is 23.0 Å². The topological polar surface area (TPSA) is 141 Å². The summed E-state index contributed by atoms with van der Waals surface area (Å²) in [5.74, 6) is -2.26. The summed E-state index contributed by atoms with van der Waals surface area (Å²) in [4.78, 5) is 36.6. The molecule has 15 heteroatoms. The molecule has 0 aliphatic carbocycles. The number of carbonyl (C=O) groups is 2. The SMILES string of the molecule is CC(C)(C)OC(=O)Nc1nc2c(-c3c(Cl)cc4c(N5CCN(C(=O)OC(C)(C)C)CC5)c(C#N)c(O)nc4c3F)ccc(F)c2s1. The van der Waals surface area contributed by atoms with E-state index in [0.717, 1.165) is 17.4 Å². The highest BCUT2D eigenvalue weighted by molar-refractivity contribution is 7.22. The number of pyridine rings is 1. The van der Waals surface area contributed by atoms with Crippen molar-refractivity contribution in [1.82, 2.24) is 14.9 Å². The van der Waals surface area contributed by atoms with Crippen LogP contribution in [0.2, 0.25) is 5.02 Å². The Balaban J connectivity index is 1.57. The van der Waals surface area contributed by atoms with Crippen LogP contribution in [-0.2, 0) is 9.47 Å². The summed E-state index contributed by atoms with van der Waals surface area (Å²) in [6.07, 6.45) is -1.28. The van der Waals surface area contributed by atoms with Crippen molar-refractivity contribution in [2.24, 2.45) is 0 Å². The minimum atomic E-state index is -0.932. The minimum Gasteiger partial charge on any atom is -0.492 e. The summed E-state index contributed by atoms with van der Waals surface area (Å²) in [6.45, 7) is 11.4. The molecule has 1 aliphatic heterocycles. The number of hydrogen-bond donors (Lipinski definition) is 2. The lowest BCUT2D eigenvalue weighted by atomic mass is 9.99. The molecular formula is C31H31ClF2N6O5S. The zero-order valence-corrected chi connectivity index (χ0v) is 27.5. The number of carbonyl (C=O) groups excluding carboxylic acids is 2. The zero-order chi connectivity index (χ0) is 33.7. The number of ether oxygens (including phenoxy) is 2. The number of nitrogens with zero attached hydrogens (tertiary/aromatic N) is 5. The lowest BCUT2D eigenvalue weighted by Gasteiger charge is -2.37. The predicted octanol–water partition coefficient (Wildman–Crippen LogP) is 7.42. The standard InChI is InChI=1S/C31H31ClF2N6O5S/c1-30(2,3)44-28(42)38-27-37-23-15(7-8-19(33)25(23)46-27)20-18(32)13-16-22(21(20)34)36-26(41)17(14-35)24(16)39-9-11-40(12-10-39)29(43)45-31(4,5)6/h7-8,13H,9-12H2,1-6H3,(H,36,41)(H,37,38,42). The molecule has 46 heavy (non-hydrogen) atoms. The lowest BCUT2D eigenvalue weighted by Crippen LogP contribution is -2.50. The summed E-state index contributed by atoms with van der Waals surface area (Å²) in [7, 11) is 0. The first kappa shape index (κ1) is 32.9. The number of aromatic nitrogens is 2. The Kier molecular flexibility index (Phi) is 8.61. The van der Waals surface area contributed by atoms with E-state index in [0.29, 0.717) is 0 Å². The summed E-state index contributed by atoms with van der Waals surface area (Å²) in [5, 5.41) is 23.3. The number of nitriles is 1. The number of fused-ring (bicyclic) bond motifs is 2. The molecule has 2 aromatic heterocycles. The molecular weight excluding hydrogens is 642 g/mol. The van der Waals surface area contributed by atoms with Crippen LogP contribution in [0.3, 0.4) is 0 Å². The maximum atomic E-state index is 16.5. The normalized spacial score (nSPS) is 14.0. The van der Waals surface area contributed by atoms with E-state index in [1.807, 2.05) is 6.07 Å². The third kappa shape index (κ3) is 6.56. The van der Waals surface area contributed by atoms with Gasteiger partial charge in [0.1, 0.15) is 34.2 Å². The Hall–Kier alpha value is -4.48. The first-order valence-corrected chi connectivity index (χ1v) is 15.4. The molecule has 0 unspecified atom stereocenters. The molecule has 1 saturated heterocycles. The van der Waals surface area contributed by atoms with Crippen molar-refractivity contribution < 1.29 is 33.0 Å². The van der Waals surface area contributed by atoms with E-state index in [4.69, 9.17) is 21.1 Å². The first-order valence-electron chi connectivity index (χ1n) is 14.2. The van der Waals surface area contributed by atoms with Gasteiger partial charge in [-0.2, -0.15) is 5.26 Å². The Morgan fingerprint density at radius 3 is 2.30 bits per heavy atom. The molecule has 2 amide bonds. The van der Waals surface area contributed by atoms with Crippen LogP contribution < -0.4 is 10.2 Å². The van der Waals surface area contributed by atoms with Gasteiger partial charge in [-0.1, -0.05) is 22.9 Å². The van der Waals surface area contributed by atoms with E-state index in [9.17, 15) is 24.3 Å². The molecule has 0 saturated carbocycles. The van der Waals surface area contributed by atoms with Gasteiger partial charge in [-0.25, -0.2) is 28.3 Å². The number of amides is 2. The molecule has 0 bridgehead atoms. The molecule has 0 spiro atoms. The molecule has 242 valence electrons. The number of piperazine rings is 1. The van der Waals surface area contributed by atoms with Gasteiger partial charge in [-0.3, -0.25) is 5.32 Å². The van der Waals surface area contributed by atoms with Crippen molar-refractivity contribution in [3.63, 3.8) is 0 Å². The van der Waals surface area contributed by atoms with Crippen molar-refractivity contribution in [1.29, 1.82) is 5.26 Å². The van der Waals surface area contributed by atoms with Crippen molar-refractivity contribution in [2.75, 3.05) is 36.4 Å². The second-order valence-electron chi connectivity index (χ2n) is 12.6. The molecule has 2 N–H and O–H groups in total. The van der Waals surface area contributed by atoms with E-state index < -0.39 is 40.9 Å². The molecule has 5 rings (SSSR count). The molecule has 1 fully saturated rings. The fourth-order valence-corrected chi connectivity index (χ4v) is 6.22. The van der Waals surface area contributed by atoms with Gasteiger partial charge in [0, 0.05) is 42.7 Å². The van der Waals surface area contributed by atoms with Gasteiger partial charge in [0.15, 0.2) is 10.9 Å². The summed E-state index contributed by atoms with van der Waals surface area (Å²) in [6, 6.07) is 5.82. The molecule has 0 atom stereocenters. The van der Waals surface area contributed by atoms with Gasteiger partial charge in [0.25, 0.3) is 0 Å². The van der Waals surface area contributed by atoms with Crippen LogP contribution in [-0.4, -0.2) is 69.5 Å². The van der Waals surface area contributed by atoms with Crippen LogP contribution in [0.25, 0.3) is 32.2 Å². The van der Waals surface area contributed by atoms with Crippen molar-refractivity contribution in [3.05, 3.63) is 40.4 Å². The number of halogens is 3. The van der Waals surface area contributed by atoms with E-state index in [1.54, 1.807) is 46.4 Å². The predicted molar refractivity (Wildman–Crippen MR) is 172 cm³/mol. The fourth-order valence-electron chi connectivity index (χ4n) is 5.04. The molecule has 3 heterocycles. The van der Waals surface area contributed by atoms with E-state index >= 15 is 4.39 Å². The Morgan fingerprint density at radius 2 is 1.70 bits per heavy atom. The number of rotatable bonds is 3. The number of anilines is 2. The number of nitrogens with one attached hydrogen (secondary N) is 1. The van der Waals surface area contributed by atoms with Gasteiger partial charge < -0.3 is 24.4 Å². The summed E-state index contributed by atoms with van der Waals surface area (Å²) < 4.78 is 42.2. The number of thiazole rings is 1. The van der Waals surface area contributed by atoms with Crippen LogP contribution in [0.1, 0.15) is 47.1 Å². The van der Waals surface area contributed by atoms with E-state index in [2.05, 4.69) is 15.3 Å². The maximum absolute atomic E-state index is 16.5. The lowest BCUT2D eigenvalue weighted by molar-refractivity contribution is 0.0240.